The van der Waals surface area contributed by atoms with Gasteiger partial charge in [-0.25, -0.2) is 9.46 Å². The van der Waals surface area contributed by atoms with Crippen LogP contribution in [0.5, 0.6) is 11.5 Å². The van der Waals surface area contributed by atoms with Crippen LogP contribution in [0.15, 0.2) is 123 Å². The zero-order valence-corrected chi connectivity index (χ0v) is 39.0. The van der Waals surface area contributed by atoms with Crippen LogP contribution in [0.1, 0.15) is 74.6 Å². The van der Waals surface area contributed by atoms with Gasteiger partial charge < -0.3 is 32.7 Å². The molecule has 0 bridgehead atoms. The number of nitrogens with one attached hydrogen (secondary N) is 1. The van der Waals surface area contributed by atoms with E-state index in [9.17, 15) is 14.9 Å². The van der Waals surface area contributed by atoms with E-state index in [1.165, 1.54) is 10.8 Å². The third-order valence-electron chi connectivity index (χ3n) is 11.5. The molecule has 5 aromatic rings. The zero-order chi connectivity index (χ0) is 44.9. The van der Waals surface area contributed by atoms with E-state index in [0.29, 0.717) is 17.1 Å². The molecule has 2 aliphatic heterocycles. The number of nitrogens with zero attached hydrogens (tertiary/aromatic N) is 3. The van der Waals surface area contributed by atoms with Crippen LogP contribution in [0.4, 0.5) is 0 Å². The third kappa shape index (κ3) is 9.44. The minimum atomic E-state index is -1.83. The Balaban J connectivity index is 1.40. The maximum Gasteiger partial charge on any atom is 0.330 e. The lowest BCUT2D eigenvalue weighted by Crippen LogP contribution is -2.43. The van der Waals surface area contributed by atoms with E-state index in [1.807, 2.05) is 103 Å². The van der Waals surface area contributed by atoms with Gasteiger partial charge in [-0.1, -0.05) is 82.7 Å². The molecule has 1 N–H and O–H groups in total. The predicted octanol–water partition coefficient (Wildman–Crippen LogP) is 8.88. The van der Waals surface area contributed by atoms with E-state index in [0.717, 1.165) is 26.7 Å². The predicted molar refractivity (Wildman–Crippen MR) is 244 cm³/mol. The largest absolute Gasteiger partial charge is 0.497 e. The van der Waals surface area contributed by atoms with Crippen LogP contribution in [0, 0.1) is 18.3 Å². The van der Waals surface area contributed by atoms with Gasteiger partial charge >= 0.3 is 5.69 Å². The van der Waals surface area contributed by atoms with E-state index >= 15 is 0 Å². The lowest BCUT2D eigenvalue weighted by molar-refractivity contribution is -0.114. The Labute approximate surface area is 377 Å². The van der Waals surface area contributed by atoms with E-state index in [-0.39, 0.29) is 38.1 Å². The fourth-order valence-corrected chi connectivity index (χ4v) is 10.8. The van der Waals surface area contributed by atoms with Crippen LogP contribution >= 0.6 is 24.5 Å². The van der Waals surface area contributed by atoms with E-state index in [2.05, 4.69) is 59.3 Å². The van der Waals surface area contributed by atoms with Crippen molar-refractivity contribution in [2.24, 2.45) is 0 Å². The Morgan fingerprint density at radius 1 is 0.921 bits per heavy atom. The third-order valence-corrected chi connectivity index (χ3v) is 14.2. The van der Waals surface area contributed by atoms with Gasteiger partial charge in [0, 0.05) is 34.7 Å². The number of benzene rings is 4. The van der Waals surface area contributed by atoms with Gasteiger partial charge in [-0.3, -0.25) is 14.3 Å². The second kappa shape index (κ2) is 20.0. The van der Waals surface area contributed by atoms with Gasteiger partial charge in [0.25, 0.3) is 14.1 Å². The molecular formula is C48H54BrN4O9P. The maximum atomic E-state index is 13.5. The molecule has 4 aromatic carbocycles. The van der Waals surface area contributed by atoms with Gasteiger partial charge in [0.05, 0.1) is 39.9 Å². The number of halogens is 1. The minimum Gasteiger partial charge on any atom is -0.497 e. The molecule has 2 aliphatic rings. The number of methoxy groups -OCH3 is 2. The summed E-state index contributed by atoms with van der Waals surface area (Å²) in [4.78, 5) is 28.4. The number of rotatable bonds is 18. The molecule has 1 unspecified atom stereocenters. The summed E-state index contributed by atoms with van der Waals surface area (Å²) in [6.07, 6.45) is -1.40. The Morgan fingerprint density at radius 3 is 2.11 bits per heavy atom. The van der Waals surface area contributed by atoms with Gasteiger partial charge in [-0.2, -0.15) is 5.26 Å². The fraction of sp³-hybridized carbons (Fsp3) is 0.396. The zero-order valence-electron chi connectivity index (χ0n) is 36.5. The van der Waals surface area contributed by atoms with Gasteiger partial charge in [0.1, 0.15) is 47.2 Å². The van der Waals surface area contributed by atoms with Gasteiger partial charge in [0.2, 0.25) is 0 Å². The highest BCUT2D eigenvalue weighted by molar-refractivity contribution is 9.10. The standard InChI is InChI=1S/C48H54BrN4O9P/c1-31(2)53(32(3)4)63(59-26-12-25-50)62-43-41(61-47(37-15-11-16-38(49)27-37)28-42(60-44(43)47)52-29-33(5)45(54)51-46(52)55)30-58-48(34-13-9-8-10-14-34,35-17-21-39(56-6)22-18-35)36-19-23-40(57-7)24-20-36/h8-11,13-24,27,29,31-32,41-44H,12,26,28,30H2,1-7H3,(H,51,54,55)/t41-,42+,43-,44-,47+,63?/m1/s1. The lowest BCUT2D eigenvalue weighted by Gasteiger charge is -2.39. The van der Waals surface area contributed by atoms with Crippen LogP contribution in [-0.2, 0) is 34.5 Å². The second-order valence-electron chi connectivity index (χ2n) is 16.2. The molecule has 2 fully saturated rings. The number of ether oxygens (including phenoxy) is 5. The van der Waals surface area contributed by atoms with Gasteiger partial charge in [-0.15, -0.1) is 0 Å². The highest BCUT2D eigenvalue weighted by Gasteiger charge is 2.64. The Hall–Kier alpha value is -4.68. The fourth-order valence-electron chi connectivity index (χ4n) is 8.69. The second-order valence-corrected chi connectivity index (χ2v) is 18.5. The normalized spacial score (nSPS) is 21.4. The number of hydrogen-bond donors (Lipinski definition) is 1. The first-order valence-corrected chi connectivity index (χ1v) is 22.9. The van der Waals surface area contributed by atoms with E-state index in [1.54, 1.807) is 21.1 Å². The van der Waals surface area contributed by atoms with Crippen LogP contribution < -0.4 is 20.7 Å². The molecule has 13 nitrogen and oxygen atoms in total. The molecule has 3 heterocycles. The molecule has 332 valence electrons. The molecule has 1 aromatic heterocycles. The lowest BCUT2D eigenvalue weighted by atomic mass is 9.80. The van der Waals surface area contributed by atoms with Gasteiger partial charge in [-0.05, 0) is 93.3 Å². The van der Waals surface area contributed by atoms with Crippen LogP contribution in [-0.4, -0.2) is 72.1 Å². The molecule has 0 amide bonds. The van der Waals surface area contributed by atoms with Crippen molar-refractivity contribution in [1.29, 1.82) is 5.26 Å². The number of nitriles is 1. The number of H-pyrrole nitrogens is 1. The number of fused-ring (bicyclic) bond motifs is 1. The number of hydrogen-bond acceptors (Lipinski definition) is 11. The number of aryl methyl sites for hydroxylation is 1. The Kier molecular flexibility index (Phi) is 14.7. The van der Waals surface area contributed by atoms with Crippen molar-refractivity contribution < 1.29 is 32.7 Å². The summed E-state index contributed by atoms with van der Waals surface area (Å²) in [6, 6.07) is 35.7. The summed E-state index contributed by atoms with van der Waals surface area (Å²) in [6.45, 7) is 10.1. The summed E-state index contributed by atoms with van der Waals surface area (Å²) in [7, 11) is 1.44. The van der Waals surface area contributed by atoms with Crippen molar-refractivity contribution in [3.05, 3.63) is 162 Å². The molecule has 63 heavy (non-hydrogen) atoms. The van der Waals surface area contributed by atoms with Crippen molar-refractivity contribution in [3.8, 4) is 17.6 Å². The van der Waals surface area contributed by atoms with Crippen LogP contribution in [0.25, 0.3) is 0 Å². The van der Waals surface area contributed by atoms with Crippen molar-refractivity contribution in [2.75, 3.05) is 27.4 Å². The van der Waals surface area contributed by atoms with Gasteiger partial charge in [0.15, 0.2) is 0 Å². The molecule has 0 radical (unpaired) electrons. The number of aromatic amines is 1. The highest BCUT2D eigenvalue weighted by atomic mass is 79.9. The molecule has 6 atom stereocenters. The molecule has 15 heteroatoms. The van der Waals surface area contributed by atoms with Crippen molar-refractivity contribution in [1.82, 2.24) is 14.2 Å². The van der Waals surface area contributed by atoms with Crippen molar-refractivity contribution in [3.63, 3.8) is 0 Å². The highest BCUT2D eigenvalue weighted by Crippen LogP contribution is 2.58. The topological polar surface area (TPSA) is 147 Å². The average Bonchev–Trinajstić information content (AvgIpc) is 3.80. The summed E-state index contributed by atoms with van der Waals surface area (Å²) < 4.78 is 51.3. The van der Waals surface area contributed by atoms with E-state index in [4.69, 9.17) is 32.7 Å². The molecule has 0 saturated carbocycles. The van der Waals surface area contributed by atoms with Crippen LogP contribution in [0.3, 0.4) is 0 Å². The smallest absolute Gasteiger partial charge is 0.330 e. The first-order chi connectivity index (χ1) is 30.3. The van der Waals surface area contributed by atoms with Crippen molar-refractivity contribution >= 4 is 24.5 Å². The summed E-state index contributed by atoms with van der Waals surface area (Å²) in [5.41, 5.74) is 0.279. The Morgan fingerprint density at radius 2 is 1.54 bits per heavy atom. The monoisotopic (exact) mass is 940 g/mol. The van der Waals surface area contributed by atoms with Crippen LogP contribution in [0.2, 0.25) is 0 Å². The molecule has 7 rings (SSSR count). The molecule has 2 saturated heterocycles. The summed E-state index contributed by atoms with van der Waals surface area (Å²) >= 11 is 3.69. The van der Waals surface area contributed by atoms with Crippen molar-refractivity contribution in [2.45, 2.75) is 95.3 Å². The first kappa shape index (κ1) is 46.3. The summed E-state index contributed by atoms with van der Waals surface area (Å²) in [5, 5.41) is 9.55. The SMILES string of the molecule is COc1ccc(C(OC[C@H]2O[C@]3(c4cccc(Br)c4)C[C@@H](n4cc(C)c(=O)[nH]c4=O)O[C@@H]3[C@@H]2OP(OCCC#N)N(C(C)C)C(C)C)(c2ccccc2)c2ccc(OC)cc2)cc1. The first-order valence-electron chi connectivity index (χ1n) is 21.0. The maximum absolute atomic E-state index is 13.5. The molecule has 0 spiro atoms. The average molecular weight is 942 g/mol. The molecular weight excluding hydrogens is 887 g/mol. The molecule has 0 aliphatic carbocycles. The van der Waals surface area contributed by atoms with E-state index < -0.39 is 55.5 Å². The quantitative estimate of drug-likeness (QED) is 0.0511. The number of aromatic nitrogens is 2. The Bertz CT molecular complexity index is 2420. The summed E-state index contributed by atoms with van der Waals surface area (Å²) in [5.74, 6) is 1.39. The minimum absolute atomic E-state index is 0.000336.